The standard InChI is InChI=1S/C19H21N3O3S/c1-24-14-5-6-15(17(10-14)25-2)16-4-3-8-22(16)12-18(23)21-19-13(11-20)7-9-26-19/h5-7,9-10,16H,3-4,8,12H2,1-2H3,(H,21,23)/p+1/t16-/m0/s1. The third-order valence-electron chi connectivity index (χ3n) is 4.73. The van der Waals surface area contributed by atoms with Crippen LogP contribution in [-0.4, -0.2) is 33.2 Å². The Kier molecular flexibility index (Phi) is 5.76. The van der Waals surface area contributed by atoms with Crippen molar-refractivity contribution in [3.63, 3.8) is 0 Å². The summed E-state index contributed by atoms with van der Waals surface area (Å²) in [5.74, 6) is 1.47. The molecule has 0 aliphatic carbocycles. The van der Waals surface area contributed by atoms with E-state index in [9.17, 15) is 4.79 Å². The summed E-state index contributed by atoms with van der Waals surface area (Å²) in [6.07, 6.45) is 2.07. The van der Waals surface area contributed by atoms with E-state index in [4.69, 9.17) is 14.7 Å². The first-order valence-corrected chi connectivity index (χ1v) is 9.38. The van der Waals surface area contributed by atoms with Crippen LogP contribution >= 0.6 is 11.3 Å². The number of amides is 1. The fourth-order valence-electron chi connectivity index (χ4n) is 3.48. The molecule has 1 aliphatic heterocycles. The number of quaternary nitrogens is 1. The summed E-state index contributed by atoms with van der Waals surface area (Å²) < 4.78 is 10.8. The second-order valence-electron chi connectivity index (χ2n) is 6.21. The fraction of sp³-hybridized carbons (Fsp3) is 0.368. The summed E-state index contributed by atoms with van der Waals surface area (Å²) in [6, 6.07) is 9.86. The maximum atomic E-state index is 12.5. The molecule has 0 bridgehead atoms. The van der Waals surface area contributed by atoms with E-state index in [0.29, 0.717) is 17.1 Å². The van der Waals surface area contributed by atoms with Crippen molar-refractivity contribution in [2.75, 3.05) is 32.6 Å². The summed E-state index contributed by atoms with van der Waals surface area (Å²) >= 11 is 1.37. The van der Waals surface area contributed by atoms with Gasteiger partial charge in [-0.25, -0.2) is 0 Å². The van der Waals surface area contributed by atoms with Gasteiger partial charge >= 0.3 is 0 Å². The zero-order valence-electron chi connectivity index (χ0n) is 14.9. The molecule has 1 amide bonds. The van der Waals surface area contributed by atoms with Crippen LogP contribution in [-0.2, 0) is 4.79 Å². The van der Waals surface area contributed by atoms with Crippen molar-refractivity contribution >= 4 is 22.2 Å². The van der Waals surface area contributed by atoms with Gasteiger partial charge < -0.3 is 19.7 Å². The maximum Gasteiger partial charge on any atom is 0.280 e. The van der Waals surface area contributed by atoms with Gasteiger partial charge in [-0.3, -0.25) is 4.79 Å². The SMILES string of the molecule is COc1ccc([C@@H]2CCC[NH+]2CC(=O)Nc2sccc2C#N)c(OC)c1. The second kappa shape index (κ2) is 8.21. The van der Waals surface area contributed by atoms with E-state index < -0.39 is 0 Å². The van der Waals surface area contributed by atoms with Crippen LogP contribution in [0.1, 0.15) is 30.0 Å². The first kappa shape index (κ1) is 18.2. The monoisotopic (exact) mass is 372 g/mol. The molecule has 1 fully saturated rings. The van der Waals surface area contributed by atoms with Crippen LogP contribution in [0.5, 0.6) is 11.5 Å². The van der Waals surface area contributed by atoms with Crippen molar-refractivity contribution in [3.8, 4) is 17.6 Å². The molecule has 3 rings (SSSR count). The highest BCUT2D eigenvalue weighted by Crippen LogP contribution is 2.31. The second-order valence-corrected chi connectivity index (χ2v) is 7.13. The van der Waals surface area contributed by atoms with Gasteiger partial charge in [0.05, 0.1) is 31.9 Å². The Morgan fingerprint density at radius 3 is 2.96 bits per heavy atom. The summed E-state index contributed by atoms with van der Waals surface area (Å²) in [4.78, 5) is 13.7. The third-order valence-corrected chi connectivity index (χ3v) is 5.56. The van der Waals surface area contributed by atoms with Crippen molar-refractivity contribution in [2.45, 2.75) is 18.9 Å². The van der Waals surface area contributed by atoms with E-state index in [1.807, 2.05) is 23.6 Å². The lowest BCUT2D eigenvalue weighted by Crippen LogP contribution is -3.11. The number of rotatable bonds is 6. The van der Waals surface area contributed by atoms with Crippen LogP contribution in [0, 0.1) is 11.3 Å². The average Bonchev–Trinajstić information content (AvgIpc) is 3.30. The van der Waals surface area contributed by atoms with Crippen molar-refractivity contribution in [3.05, 3.63) is 40.8 Å². The Morgan fingerprint density at radius 1 is 1.38 bits per heavy atom. The molecule has 6 nitrogen and oxygen atoms in total. The number of nitriles is 1. The van der Waals surface area contributed by atoms with Crippen molar-refractivity contribution < 1.29 is 19.2 Å². The maximum absolute atomic E-state index is 12.5. The number of benzene rings is 1. The Labute approximate surface area is 156 Å². The van der Waals surface area contributed by atoms with Gasteiger partial charge in [0.25, 0.3) is 5.91 Å². The first-order chi connectivity index (χ1) is 12.7. The lowest BCUT2D eigenvalue weighted by atomic mass is 10.0. The molecule has 0 radical (unpaired) electrons. The van der Waals surface area contributed by atoms with Gasteiger partial charge in [-0.2, -0.15) is 5.26 Å². The number of thiophene rings is 1. The molecule has 1 saturated heterocycles. The summed E-state index contributed by atoms with van der Waals surface area (Å²) in [5.41, 5.74) is 1.61. The molecule has 136 valence electrons. The van der Waals surface area contributed by atoms with Crippen LogP contribution < -0.4 is 19.7 Å². The van der Waals surface area contributed by atoms with Crippen molar-refractivity contribution in [1.82, 2.24) is 0 Å². The summed E-state index contributed by atoms with van der Waals surface area (Å²) in [6.45, 7) is 1.30. The third kappa shape index (κ3) is 3.82. The number of hydrogen-bond acceptors (Lipinski definition) is 5. The molecule has 0 saturated carbocycles. The summed E-state index contributed by atoms with van der Waals surface area (Å²) in [7, 11) is 3.28. The Balaban J connectivity index is 1.72. The predicted molar refractivity (Wildman–Crippen MR) is 99.9 cm³/mol. The highest BCUT2D eigenvalue weighted by Gasteiger charge is 2.33. The quantitative estimate of drug-likeness (QED) is 0.813. The van der Waals surface area contributed by atoms with Crippen molar-refractivity contribution in [1.29, 1.82) is 5.26 Å². The van der Waals surface area contributed by atoms with Crippen LogP contribution in [0.15, 0.2) is 29.6 Å². The molecular weight excluding hydrogens is 350 g/mol. The zero-order valence-corrected chi connectivity index (χ0v) is 15.7. The van der Waals surface area contributed by atoms with Gasteiger partial charge in [0, 0.05) is 18.9 Å². The van der Waals surface area contributed by atoms with E-state index in [-0.39, 0.29) is 11.9 Å². The number of hydrogen-bond donors (Lipinski definition) is 2. The van der Waals surface area contributed by atoms with E-state index in [1.165, 1.54) is 16.2 Å². The summed E-state index contributed by atoms with van der Waals surface area (Å²) in [5, 5.41) is 14.4. The number of anilines is 1. The van der Waals surface area contributed by atoms with E-state index in [2.05, 4.69) is 11.4 Å². The Bertz CT molecular complexity index is 828. The number of nitrogens with zero attached hydrogens (tertiary/aromatic N) is 1. The number of ether oxygens (including phenoxy) is 2. The number of methoxy groups -OCH3 is 2. The highest BCUT2D eigenvalue weighted by molar-refractivity contribution is 7.14. The first-order valence-electron chi connectivity index (χ1n) is 8.50. The molecule has 2 heterocycles. The zero-order chi connectivity index (χ0) is 18.5. The van der Waals surface area contributed by atoms with Crippen LogP contribution in [0.25, 0.3) is 0 Å². The normalized spacial score (nSPS) is 19.0. The molecule has 1 unspecified atom stereocenters. The van der Waals surface area contributed by atoms with Gasteiger partial charge in [0.1, 0.15) is 28.6 Å². The molecule has 1 aromatic carbocycles. The Hall–Kier alpha value is -2.56. The topological polar surface area (TPSA) is 75.8 Å². The van der Waals surface area contributed by atoms with Gasteiger partial charge in [0.2, 0.25) is 0 Å². The molecule has 1 aromatic heterocycles. The van der Waals surface area contributed by atoms with Crippen LogP contribution in [0.3, 0.4) is 0 Å². The van der Waals surface area contributed by atoms with Crippen molar-refractivity contribution in [2.24, 2.45) is 0 Å². The fourth-order valence-corrected chi connectivity index (χ4v) is 4.23. The molecule has 0 spiro atoms. The van der Waals surface area contributed by atoms with E-state index in [1.54, 1.807) is 20.3 Å². The Morgan fingerprint density at radius 2 is 2.23 bits per heavy atom. The molecule has 2 aromatic rings. The molecule has 2 N–H and O–H groups in total. The predicted octanol–water partition coefficient (Wildman–Crippen LogP) is 2.00. The number of nitrogens with one attached hydrogen (secondary N) is 2. The number of carbonyl (C=O) groups is 1. The molecule has 26 heavy (non-hydrogen) atoms. The van der Waals surface area contributed by atoms with Gasteiger partial charge in [-0.15, -0.1) is 11.3 Å². The lowest BCUT2D eigenvalue weighted by molar-refractivity contribution is -0.910. The van der Waals surface area contributed by atoms with Gasteiger partial charge in [0.15, 0.2) is 6.54 Å². The minimum Gasteiger partial charge on any atom is -0.497 e. The van der Waals surface area contributed by atoms with Crippen LogP contribution in [0.4, 0.5) is 5.00 Å². The van der Waals surface area contributed by atoms with Crippen LogP contribution in [0.2, 0.25) is 0 Å². The minimum absolute atomic E-state index is 0.0710. The number of likely N-dealkylation sites (tertiary alicyclic amines) is 1. The minimum atomic E-state index is -0.0710. The van der Waals surface area contributed by atoms with E-state index >= 15 is 0 Å². The van der Waals surface area contributed by atoms with Gasteiger partial charge in [-0.1, -0.05) is 0 Å². The molecular formula is C19H22N3O3S+. The molecule has 1 aliphatic rings. The number of carbonyl (C=O) groups excluding carboxylic acids is 1. The smallest absolute Gasteiger partial charge is 0.280 e. The molecule has 2 atom stereocenters. The average molecular weight is 372 g/mol. The lowest BCUT2D eigenvalue weighted by Gasteiger charge is -2.23. The van der Waals surface area contributed by atoms with Gasteiger partial charge in [-0.05, 0) is 23.6 Å². The highest BCUT2D eigenvalue weighted by atomic mass is 32.1. The van der Waals surface area contributed by atoms with E-state index in [0.717, 1.165) is 36.4 Å². The molecule has 7 heteroatoms. The largest absolute Gasteiger partial charge is 0.497 e.